The molecule has 1 heterocycles. The summed E-state index contributed by atoms with van der Waals surface area (Å²) in [4.78, 5) is 5.72. The van der Waals surface area contributed by atoms with Crippen molar-refractivity contribution in [3.8, 4) is 6.07 Å². The number of hydrogen-bond acceptors (Lipinski definition) is 5. The van der Waals surface area contributed by atoms with Crippen LogP contribution < -0.4 is 4.90 Å². The van der Waals surface area contributed by atoms with Crippen molar-refractivity contribution in [1.29, 1.82) is 5.26 Å². The number of pyridine rings is 1. The number of rotatable bonds is 4. The van der Waals surface area contributed by atoms with Gasteiger partial charge < -0.3 is 4.90 Å². The van der Waals surface area contributed by atoms with Crippen molar-refractivity contribution >= 4 is 15.7 Å². The minimum atomic E-state index is -3.00. The molecule has 0 saturated heterocycles. The standard InChI is InChI=1S/C10H13N3O2S/c1-13(6-7-16(2,14)15)10-9(8-11)4-3-5-12-10/h3-5H,6-7H2,1-2H3. The molecule has 0 spiro atoms. The molecule has 0 radical (unpaired) electrons. The predicted molar refractivity (Wildman–Crippen MR) is 61.9 cm³/mol. The summed E-state index contributed by atoms with van der Waals surface area (Å²) in [7, 11) is -1.28. The lowest BCUT2D eigenvalue weighted by Crippen LogP contribution is -2.26. The van der Waals surface area contributed by atoms with Crippen LogP contribution in [0.1, 0.15) is 5.56 Å². The lowest BCUT2D eigenvalue weighted by atomic mass is 10.2. The molecule has 0 bridgehead atoms. The number of nitrogens with zero attached hydrogens (tertiary/aromatic N) is 3. The smallest absolute Gasteiger partial charge is 0.149 e. The van der Waals surface area contributed by atoms with Gasteiger partial charge in [-0.3, -0.25) is 0 Å². The molecule has 6 heteroatoms. The van der Waals surface area contributed by atoms with Gasteiger partial charge in [-0.15, -0.1) is 0 Å². The Morgan fingerprint density at radius 3 is 2.81 bits per heavy atom. The minimum absolute atomic E-state index is 0.0466. The molecule has 0 aromatic carbocycles. The van der Waals surface area contributed by atoms with Gasteiger partial charge in [0.05, 0.1) is 11.3 Å². The van der Waals surface area contributed by atoms with E-state index >= 15 is 0 Å². The Morgan fingerprint density at radius 1 is 1.56 bits per heavy atom. The van der Waals surface area contributed by atoms with E-state index in [9.17, 15) is 8.42 Å². The number of nitriles is 1. The highest BCUT2D eigenvalue weighted by atomic mass is 32.2. The van der Waals surface area contributed by atoms with E-state index in [0.29, 0.717) is 17.9 Å². The molecule has 86 valence electrons. The van der Waals surface area contributed by atoms with E-state index in [0.717, 1.165) is 0 Å². The molecule has 1 aromatic rings. The number of sulfone groups is 1. The molecule has 0 fully saturated rings. The molecule has 0 aliphatic heterocycles. The Kier molecular flexibility index (Phi) is 3.85. The van der Waals surface area contributed by atoms with Gasteiger partial charge in [0.2, 0.25) is 0 Å². The fourth-order valence-corrected chi connectivity index (χ4v) is 1.80. The van der Waals surface area contributed by atoms with Crippen LogP contribution >= 0.6 is 0 Å². The molecule has 0 amide bonds. The lowest BCUT2D eigenvalue weighted by molar-refractivity contribution is 0.601. The van der Waals surface area contributed by atoms with E-state index in [-0.39, 0.29) is 5.75 Å². The molecule has 0 aliphatic rings. The Bertz CT molecular complexity index is 505. The van der Waals surface area contributed by atoms with Crippen LogP contribution in [-0.4, -0.2) is 39.0 Å². The molecular formula is C10H13N3O2S. The third-order valence-corrected chi connectivity index (χ3v) is 2.99. The maximum atomic E-state index is 11.0. The maximum Gasteiger partial charge on any atom is 0.149 e. The van der Waals surface area contributed by atoms with Crippen molar-refractivity contribution in [1.82, 2.24) is 4.98 Å². The fraction of sp³-hybridized carbons (Fsp3) is 0.400. The highest BCUT2D eigenvalue weighted by Crippen LogP contribution is 2.13. The summed E-state index contributed by atoms with van der Waals surface area (Å²) < 4.78 is 22.0. The van der Waals surface area contributed by atoms with Crippen LogP contribution in [0.25, 0.3) is 0 Å². The summed E-state index contributed by atoms with van der Waals surface area (Å²) in [6.45, 7) is 0.324. The molecule has 0 unspecified atom stereocenters. The summed E-state index contributed by atoms with van der Waals surface area (Å²) >= 11 is 0. The molecule has 1 rings (SSSR count). The fourth-order valence-electron chi connectivity index (χ4n) is 1.20. The first-order chi connectivity index (χ1) is 7.44. The van der Waals surface area contributed by atoms with Crippen LogP contribution in [0.2, 0.25) is 0 Å². The minimum Gasteiger partial charge on any atom is -0.358 e. The molecule has 16 heavy (non-hydrogen) atoms. The van der Waals surface area contributed by atoms with E-state index in [1.165, 1.54) is 6.26 Å². The summed E-state index contributed by atoms with van der Waals surface area (Å²) in [6, 6.07) is 5.35. The van der Waals surface area contributed by atoms with Crippen LogP contribution in [0.4, 0.5) is 5.82 Å². The highest BCUT2D eigenvalue weighted by Gasteiger charge is 2.10. The highest BCUT2D eigenvalue weighted by molar-refractivity contribution is 7.90. The van der Waals surface area contributed by atoms with E-state index < -0.39 is 9.84 Å². The second-order valence-corrected chi connectivity index (χ2v) is 5.80. The van der Waals surface area contributed by atoms with E-state index in [2.05, 4.69) is 4.98 Å². The largest absolute Gasteiger partial charge is 0.358 e. The zero-order chi connectivity index (χ0) is 12.2. The van der Waals surface area contributed by atoms with E-state index in [1.54, 1.807) is 30.3 Å². The zero-order valence-electron chi connectivity index (χ0n) is 9.21. The van der Waals surface area contributed by atoms with Crippen LogP contribution in [0.15, 0.2) is 18.3 Å². The lowest BCUT2D eigenvalue weighted by Gasteiger charge is -2.18. The van der Waals surface area contributed by atoms with Crippen molar-refractivity contribution in [3.63, 3.8) is 0 Å². The second-order valence-electron chi connectivity index (χ2n) is 3.54. The van der Waals surface area contributed by atoms with E-state index in [4.69, 9.17) is 5.26 Å². The molecule has 0 aliphatic carbocycles. The average Bonchev–Trinajstić information content (AvgIpc) is 2.25. The third-order valence-electron chi connectivity index (χ3n) is 2.07. The topological polar surface area (TPSA) is 74.1 Å². The second kappa shape index (κ2) is 4.94. The quantitative estimate of drug-likeness (QED) is 0.762. The summed E-state index contributed by atoms with van der Waals surface area (Å²) in [6.07, 6.45) is 2.76. The average molecular weight is 239 g/mol. The summed E-state index contributed by atoms with van der Waals surface area (Å²) in [5.74, 6) is 0.555. The Hall–Kier alpha value is -1.61. The normalized spacial score (nSPS) is 10.8. The van der Waals surface area contributed by atoms with Crippen molar-refractivity contribution in [2.75, 3.05) is 30.5 Å². The molecule has 1 aromatic heterocycles. The first kappa shape index (κ1) is 12.5. The van der Waals surface area contributed by atoms with Crippen molar-refractivity contribution in [3.05, 3.63) is 23.9 Å². The van der Waals surface area contributed by atoms with Crippen molar-refractivity contribution in [2.24, 2.45) is 0 Å². The first-order valence-electron chi connectivity index (χ1n) is 4.68. The Labute approximate surface area is 95.3 Å². The van der Waals surface area contributed by atoms with Crippen molar-refractivity contribution in [2.45, 2.75) is 0 Å². The Balaban J connectivity index is 2.81. The van der Waals surface area contributed by atoms with Gasteiger partial charge in [-0.2, -0.15) is 5.26 Å². The monoisotopic (exact) mass is 239 g/mol. The van der Waals surface area contributed by atoms with Crippen molar-refractivity contribution < 1.29 is 8.42 Å². The zero-order valence-corrected chi connectivity index (χ0v) is 10.0. The predicted octanol–water partition coefficient (Wildman–Crippen LogP) is 0.434. The number of hydrogen-bond donors (Lipinski definition) is 0. The molecule has 0 atom stereocenters. The van der Waals surface area contributed by atoms with Gasteiger partial charge >= 0.3 is 0 Å². The van der Waals surface area contributed by atoms with Crippen LogP contribution in [-0.2, 0) is 9.84 Å². The third kappa shape index (κ3) is 3.51. The van der Waals surface area contributed by atoms with Crippen LogP contribution in [0.5, 0.6) is 0 Å². The first-order valence-corrected chi connectivity index (χ1v) is 6.74. The van der Waals surface area contributed by atoms with Gasteiger partial charge in [-0.1, -0.05) is 0 Å². The van der Waals surface area contributed by atoms with Gasteiger partial charge in [-0.25, -0.2) is 13.4 Å². The van der Waals surface area contributed by atoms with Gasteiger partial charge in [0.1, 0.15) is 21.7 Å². The molecule has 5 nitrogen and oxygen atoms in total. The van der Waals surface area contributed by atoms with Crippen LogP contribution in [0, 0.1) is 11.3 Å². The van der Waals surface area contributed by atoms with Gasteiger partial charge in [-0.05, 0) is 12.1 Å². The summed E-state index contributed by atoms with van der Waals surface area (Å²) in [5.41, 5.74) is 0.443. The number of anilines is 1. The molecular weight excluding hydrogens is 226 g/mol. The number of aromatic nitrogens is 1. The molecule has 0 saturated carbocycles. The maximum absolute atomic E-state index is 11.0. The SMILES string of the molecule is CN(CCS(C)(=O)=O)c1ncccc1C#N. The van der Waals surface area contributed by atoms with Gasteiger partial charge in [0, 0.05) is 26.0 Å². The van der Waals surface area contributed by atoms with E-state index in [1.807, 2.05) is 6.07 Å². The molecule has 0 N–H and O–H groups in total. The van der Waals surface area contributed by atoms with Gasteiger partial charge in [0.25, 0.3) is 0 Å². The Morgan fingerprint density at radius 2 is 2.25 bits per heavy atom. The van der Waals surface area contributed by atoms with Gasteiger partial charge in [0.15, 0.2) is 0 Å². The van der Waals surface area contributed by atoms with Crippen LogP contribution in [0.3, 0.4) is 0 Å². The summed E-state index contributed by atoms with van der Waals surface area (Å²) in [5, 5.41) is 8.86.